The van der Waals surface area contributed by atoms with E-state index in [2.05, 4.69) is 264 Å². The van der Waals surface area contributed by atoms with Gasteiger partial charge in [-0.1, -0.05) is 145 Å². The highest BCUT2D eigenvalue weighted by atomic mass is 32.1. The number of rotatable bonds is 6. The Labute approximate surface area is 507 Å². The third-order valence-corrected chi connectivity index (χ3v) is 24.2. The van der Waals surface area contributed by atoms with E-state index in [1.807, 2.05) is 68.0 Å². The molecule has 0 N–H and O–H groups in total. The summed E-state index contributed by atoms with van der Waals surface area (Å²) in [4.78, 5) is 10.4. The minimum absolute atomic E-state index is 0.0467. The van der Waals surface area contributed by atoms with Gasteiger partial charge >= 0.3 is 0 Å². The Morgan fingerprint density at radius 2 is 0.639 bits per heavy atom. The summed E-state index contributed by atoms with van der Waals surface area (Å²) in [6.45, 7) is 14.1. The number of anilines is 6. The maximum atomic E-state index is 2.67. The van der Waals surface area contributed by atoms with E-state index in [4.69, 9.17) is 0 Å². The van der Waals surface area contributed by atoms with E-state index in [0.29, 0.717) is 0 Å². The van der Waals surface area contributed by atoms with E-state index >= 15 is 0 Å². The van der Waals surface area contributed by atoms with Crippen LogP contribution in [0.25, 0.3) is 102 Å². The summed E-state index contributed by atoms with van der Waals surface area (Å²) in [6.07, 6.45) is 0. The van der Waals surface area contributed by atoms with Crippen LogP contribution >= 0.6 is 68.0 Å². The van der Waals surface area contributed by atoms with Gasteiger partial charge in [-0.3, -0.25) is 0 Å². The third-order valence-electron chi connectivity index (χ3n) is 17.2. The Balaban J connectivity index is 0.976. The fourth-order valence-corrected chi connectivity index (χ4v) is 19.7. The second kappa shape index (κ2) is 18.5. The van der Waals surface area contributed by atoms with Crippen molar-refractivity contribution in [1.29, 1.82) is 0 Å². The highest BCUT2D eigenvalue weighted by Gasteiger charge is 2.47. The molecule has 83 heavy (non-hydrogen) atoms. The maximum Gasteiger partial charge on any atom is 0.256 e. The molecule has 0 unspecified atom stereocenters. The smallest absolute Gasteiger partial charge is 0.256 e. The van der Waals surface area contributed by atoms with Gasteiger partial charge in [-0.2, -0.15) is 0 Å². The number of hydrogen-bond donors (Lipinski definition) is 0. The van der Waals surface area contributed by atoms with E-state index in [-0.39, 0.29) is 17.5 Å². The minimum atomic E-state index is -0.0488. The van der Waals surface area contributed by atoms with Crippen molar-refractivity contribution in [2.24, 2.45) is 0 Å². The quantitative estimate of drug-likeness (QED) is 0.153. The van der Waals surface area contributed by atoms with Crippen molar-refractivity contribution in [3.05, 3.63) is 223 Å². The van der Waals surface area contributed by atoms with Crippen molar-refractivity contribution in [3.8, 4) is 41.8 Å². The molecule has 398 valence electrons. The summed E-state index contributed by atoms with van der Waals surface area (Å²) >= 11 is 11.5. The fourth-order valence-electron chi connectivity index (χ4n) is 13.0. The summed E-state index contributed by atoms with van der Waals surface area (Å²) < 4.78 is 7.84. The monoisotopic (exact) mass is 1170 g/mol. The fraction of sp³-hybridized carbons (Fsp3) is 0.108. The average molecular weight is 1170 g/mol. The summed E-state index contributed by atoms with van der Waals surface area (Å²) in [5.41, 5.74) is 16.5. The average Bonchev–Trinajstić information content (AvgIpc) is 1.84. The van der Waals surface area contributed by atoms with E-state index in [9.17, 15) is 0 Å². The van der Waals surface area contributed by atoms with E-state index in [1.54, 1.807) is 0 Å². The molecule has 2 aliphatic rings. The van der Waals surface area contributed by atoms with Gasteiger partial charge in [0.2, 0.25) is 0 Å². The van der Waals surface area contributed by atoms with Crippen molar-refractivity contribution in [3.63, 3.8) is 0 Å². The van der Waals surface area contributed by atoms with Crippen LogP contribution in [0.4, 0.5) is 32.8 Å². The highest BCUT2D eigenvalue weighted by molar-refractivity contribution is 7.29. The SMILES string of the molecule is CC(C)(C)c1ccc2sc3c(c2c1)B1c2c(cccc2N(c2cc(-c4cc5ccccc5s4)cc(-c4cc5ccccc5s4)c2)c2sc4ccc(C(C)(C)C)cc4c21)N3c1cc(-c2cc3ccccc3s2)cc(-c2cc3ccccc3s2)c1. The molecule has 9 aromatic carbocycles. The largest absolute Gasteiger partial charge is 0.303 e. The standard InChI is InChI=1S/C74H53BN2S6/c1-73(2,3)50-26-28-62-54(40-50)68-71(82-62)76(52-32-46(64-36-42-16-7-11-22-58(42)78-64)30-47(33-52)65-37-43-17-8-12-23-59(43)79-65)56-20-15-21-57-70(56)75(68)69-55-41-51(74(4,5)6)27-29-63(55)83-72(69)77(57)53-34-48(66-38-44-18-9-13-24-60(44)80-66)31-49(35-53)67-39-45-19-10-14-25-61(45)81-67/h7-41H,1-6H3. The van der Waals surface area contributed by atoms with E-state index < -0.39 is 0 Å². The predicted molar refractivity (Wildman–Crippen MR) is 372 cm³/mol. The Hall–Kier alpha value is -7.60. The molecule has 0 amide bonds. The van der Waals surface area contributed by atoms with Crippen LogP contribution in [-0.2, 0) is 10.8 Å². The Morgan fingerprint density at radius 1 is 0.301 bits per heavy atom. The number of thiophene rings is 6. The van der Waals surface area contributed by atoms with Crippen LogP contribution in [0.2, 0.25) is 0 Å². The third kappa shape index (κ3) is 8.03. The summed E-state index contributed by atoms with van der Waals surface area (Å²) in [5, 5.41) is 10.4. The van der Waals surface area contributed by atoms with Crippen LogP contribution in [0, 0.1) is 0 Å². The second-order valence-electron chi connectivity index (χ2n) is 24.5. The van der Waals surface area contributed by atoms with Crippen LogP contribution < -0.4 is 26.2 Å². The van der Waals surface area contributed by atoms with Gasteiger partial charge in [0.25, 0.3) is 6.71 Å². The minimum Gasteiger partial charge on any atom is -0.303 e. The van der Waals surface area contributed by atoms with Crippen molar-refractivity contribution in [2.75, 3.05) is 9.80 Å². The van der Waals surface area contributed by atoms with Crippen LogP contribution in [0.3, 0.4) is 0 Å². The van der Waals surface area contributed by atoms with Crippen molar-refractivity contribution < 1.29 is 0 Å². The van der Waals surface area contributed by atoms with Gasteiger partial charge in [0.1, 0.15) is 0 Å². The first-order chi connectivity index (χ1) is 40.3. The van der Waals surface area contributed by atoms with Gasteiger partial charge < -0.3 is 9.80 Å². The van der Waals surface area contributed by atoms with Crippen LogP contribution in [0.1, 0.15) is 52.7 Å². The molecule has 0 bridgehead atoms. The zero-order valence-electron chi connectivity index (χ0n) is 46.6. The highest BCUT2D eigenvalue weighted by Crippen LogP contribution is 2.54. The van der Waals surface area contributed by atoms with E-state index in [0.717, 1.165) is 0 Å². The summed E-state index contributed by atoms with van der Waals surface area (Å²) in [7, 11) is 0. The molecule has 9 heteroatoms. The van der Waals surface area contributed by atoms with Crippen molar-refractivity contribution in [2.45, 2.75) is 52.4 Å². The first kappa shape index (κ1) is 50.0. The van der Waals surface area contributed by atoms with Crippen LogP contribution in [0.15, 0.2) is 212 Å². The lowest BCUT2D eigenvalue weighted by molar-refractivity contribution is 0.591. The molecule has 0 fully saturated rings. The van der Waals surface area contributed by atoms with Gasteiger partial charge in [-0.15, -0.1) is 68.0 Å². The maximum absolute atomic E-state index is 2.67. The number of nitrogens with zero attached hydrogens (tertiary/aromatic N) is 2. The Kier molecular flexibility index (Phi) is 11.1. The summed E-state index contributed by atoms with van der Waals surface area (Å²) in [6, 6.07) is 81.8. The lowest BCUT2D eigenvalue weighted by Gasteiger charge is -2.42. The van der Waals surface area contributed by atoms with Gasteiger partial charge in [0.15, 0.2) is 0 Å². The molecule has 0 saturated heterocycles. The summed E-state index contributed by atoms with van der Waals surface area (Å²) in [5.74, 6) is 0. The topological polar surface area (TPSA) is 6.48 Å². The van der Waals surface area contributed by atoms with Crippen molar-refractivity contribution >= 4 is 184 Å². The molecule has 2 nitrogen and oxygen atoms in total. The number of hydrogen-bond acceptors (Lipinski definition) is 8. The molecule has 6 aromatic heterocycles. The Morgan fingerprint density at radius 3 is 0.964 bits per heavy atom. The van der Waals surface area contributed by atoms with Crippen LogP contribution in [-0.4, -0.2) is 6.71 Å². The molecule has 17 rings (SSSR count). The molecular formula is C74H53BN2S6. The molecule has 0 aliphatic carbocycles. The molecule has 0 radical (unpaired) electrons. The molecular weight excluding hydrogens is 1120 g/mol. The van der Waals surface area contributed by atoms with Gasteiger partial charge in [0.05, 0.1) is 10.0 Å². The van der Waals surface area contributed by atoms with Gasteiger partial charge in [0, 0.05) is 70.5 Å². The molecule has 2 aliphatic heterocycles. The predicted octanol–water partition coefficient (Wildman–Crippen LogP) is 22.3. The second-order valence-corrected chi connectivity index (χ2v) is 30.9. The molecule has 8 heterocycles. The zero-order valence-corrected chi connectivity index (χ0v) is 51.5. The normalized spacial score (nSPS) is 13.3. The first-order valence-electron chi connectivity index (χ1n) is 28.5. The van der Waals surface area contributed by atoms with Crippen molar-refractivity contribution in [1.82, 2.24) is 0 Å². The van der Waals surface area contributed by atoms with E-state index in [1.165, 1.54) is 163 Å². The number of fused-ring (bicyclic) bond motifs is 12. The lowest BCUT2D eigenvalue weighted by atomic mass is 9.33. The first-order valence-corrected chi connectivity index (χ1v) is 33.4. The van der Waals surface area contributed by atoms with Crippen LogP contribution in [0.5, 0.6) is 0 Å². The lowest BCUT2D eigenvalue weighted by Crippen LogP contribution is -2.60. The van der Waals surface area contributed by atoms with Gasteiger partial charge in [-0.25, -0.2) is 0 Å². The zero-order chi connectivity index (χ0) is 55.6. The molecule has 0 atom stereocenters. The molecule has 15 aromatic rings. The van der Waals surface area contributed by atoms with Gasteiger partial charge in [-0.05, 0) is 202 Å². The molecule has 0 spiro atoms. The Bertz CT molecular complexity index is 4540. The molecule has 0 saturated carbocycles. The number of benzene rings is 9.